The van der Waals surface area contributed by atoms with Crippen LogP contribution in [0.1, 0.15) is 200 Å². The first-order chi connectivity index (χ1) is 25.0. The molecule has 0 aliphatic rings. The first-order valence-electron chi connectivity index (χ1n) is 21.5. The van der Waals surface area contributed by atoms with Crippen LogP contribution in [0.5, 0.6) is 0 Å². The minimum atomic E-state index is -1.29. The summed E-state index contributed by atoms with van der Waals surface area (Å²) in [6, 6.07) is -1.01. The number of allylic oxidation sites excluding steroid dienone is 8. The van der Waals surface area contributed by atoms with Crippen molar-refractivity contribution in [3.63, 3.8) is 0 Å². The van der Waals surface area contributed by atoms with Gasteiger partial charge in [-0.1, -0.05) is 172 Å². The Morgan fingerprint density at radius 1 is 0.490 bits per heavy atom. The average Bonchev–Trinajstić information content (AvgIpc) is 3.13. The molecule has 4 atom stereocenters. The van der Waals surface area contributed by atoms with E-state index in [0.717, 1.165) is 57.8 Å². The Hall–Kier alpha value is -1.73. The fraction of sp³-hybridized carbons (Fsp3) is 0.800. The van der Waals surface area contributed by atoms with Crippen LogP contribution in [0.3, 0.4) is 0 Å². The van der Waals surface area contributed by atoms with E-state index >= 15 is 0 Å². The third-order valence-corrected chi connectivity index (χ3v) is 9.74. The average molecular weight is 718 g/mol. The topological polar surface area (TPSA) is 110 Å². The van der Waals surface area contributed by atoms with Gasteiger partial charge in [-0.25, -0.2) is 0 Å². The molecule has 0 saturated heterocycles. The number of hydrogen-bond acceptors (Lipinski definition) is 5. The maximum Gasteiger partial charge on any atom is 0.249 e. The van der Waals surface area contributed by atoms with Gasteiger partial charge in [0, 0.05) is 0 Å². The minimum Gasteiger partial charge on any atom is -0.394 e. The van der Waals surface area contributed by atoms with E-state index in [9.17, 15) is 25.2 Å². The van der Waals surface area contributed by atoms with Crippen LogP contribution in [0.15, 0.2) is 48.6 Å². The smallest absolute Gasteiger partial charge is 0.249 e. The molecule has 5 N–H and O–H groups in total. The van der Waals surface area contributed by atoms with Crippen molar-refractivity contribution in [2.75, 3.05) is 6.61 Å². The van der Waals surface area contributed by atoms with Gasteiger partial charge in [0.25, 0.3) is 0 Å². The molecule has 51 heavy (non-hydrogen) atoms. The van der Waals surface area contributed by atoms with Crippen molar-refractivity contribution in [1.82, 2.24) is 5.32 Å². The normalized spacial score (nSPS) is 14.7. The molecule has 1 amide bonds. The maximum atomic E-state index is 12.5. The summed E-state index contributed by atoms with van der Waals surface area (Å²) in [6.07, 6.45) is 47.2. The molecule has 0 aromatic rings. The number of unbranched alkanes of at least 4 members (excludes halogenated alkanes) is 21. The van der Waals surface area contributed by atoms with E-state index in [1.807, 2.05) is 0 Å². The lowest BCUT2D eigenvalue weighted by atomic mass is 10.00. The molecule has 0 rings (SSSR count). The molecule has 6 heteroatoms. The molecule has 0 aromatic carbocycles. The Morgan fingerprint density at radius 3 is 1.41 bits per heavy atom. The largest absolute Gasteiger partial charge is 0.394 e. The Kier molecular flexibility index (Phi) is 38.1. The quantitative estimate of drug-likeness (QED) is 0.0323. The molecule has 0 fully saturated rings. The minimum absolute atomic E-state index is 0.351. The van der Waals surface area contributed by atoms with Gasteiger partial charge >= 0.3 is 0 Å². The van der Waals surface area contributed by atoms with Gasteiger partial charge in [-0.05, 0) is 77.0 Å². The van der Waals surface area contributed by atoms with Crippen molar-refractivity contribution >= 4 is 5.91 Å². The molecule has 0 aliphatic heterocycles. The van der Waals surface area contributed by atoms with Crippen LogP contribution in [-0.4, -0.2) is 57.3 Å². The number of amides is 1. The zero-order chi connectivity index (χ0) is 37.5. The van der Waals surface area contributed by atoms with Gasteiger partial charge in [0.2, 0.25) is 5.91 Å². The highest BCUT2D eigenvalue weighted by atomic mass is 16.3. The van der Waals surface area contributed by atoms with Crippen molar-refractivity contribution in [3.05, 3.63) is 48.6 Å². The highest BCUT2D eigenvalue weighted by Gasteiger charge is 2.28. The Labute approximate surface area is 315 Å². The highest BCUT2D eigenvalue weighted by Crippen LogP contribution is 2.14. The summed E-state index contributed by atoms with van der Waals surface area (Å²) in [6.45, 7) is 3.97. The summed E-state index contributed by atoms with van der Waals surface area (Å²) < 4.78 is 0. The zero-order valence-electron chi connectivity index (χ0n) is 33.3. The summed E-state index contributed by atoms with van der Waals surface area (Å²) in [7, 11) is 0. The molecule has 0 spiro atoms. The second-order valence-corrected chi connectivity index (χ2v) is 14.7. The summed E-state index contributed by atoms with van der Waals surface area (Å²) in [5.41, 5.74) is 0. The predicted octanol–water partition coefficient (Wildman–Crippen LogP) is 11.1. The standard InChI is InChI=1S/C45H83NO5/c1-3-5-7-9-11-13-15-16-17-18-19-20-21-22-23-24-25-26-27-29-31-33-35-37-39-43(49)45(51)46-41(40-47)44(50)42(48)38-36-34-32-30-28-14-12-10-8-6-4-2/h10,12,19-20,22-23,30,32,41-44,47-50H,3-9,11,13-18,21,24-29,31,33-40H2,1-2H3,(H,46,51)/b12-10+,20-19-,23-22-,32-30+. The molecule has 6 nitrogen and oxygen atoms in total. The summed E-state index contributed by atoms with van der Waals surface area (Å²) in [5, 5.41) is 43.5. The Morgan fingerprint density at radius 2 is 0.902 bits per heavy atom. The van der Waals surface area contributed by atoms with Crippen LogP contribution in [0.4, 0.5) is 0 Å². The van der Waals surface area contributed by atoms with Gasteiger partial charge in [0.15, 0.2) is 0 Å². The number of rotatable bonds is 38. The van der Waals surface area contributed by atoms with Gasteiger partial charge < -0.3 is 25.7 Å². The van der Waals surface area contributed by atoms with E-state index in [2.05, 4.69) is 67.8 Å². The van der Waals surface area contributed by atoms with E-state index in [1.54, 1.807) is 0 Å². The van der Waals surface area contributed by atoms with Gasteiger partial charge in [-0.3, -0.25) is 4.79 Å². The summed E-state index contributed by atoms with van der Waals surface area (Å²) in [4.78, 5) is 12.5. The molecule has 0 saturated carbocycles. The maximum absolute atomic E-state index is 12.5. The van der Waals surface area contributed by atoms with Crippen LogP contribution in [0.2, 0.25) is 0 Å². The number of hydrogen-bond donors (Lipinski definition) is 5. The number of carbonyl (C=O) groups is 1. The van der Waals surface area contributed by atoms with Crippen LogP contribution >= 0.6 is 0 Å². The van der Waals surface area contributed by atoms with Crippen molar-refractivity contribution < 1.29 is 25.2 Å². The molecule has 4 unspecified atom stereocenters. The molecule has 0 aromatic heterocycles. The van der Waals surface area contributed by atoms with E-state index in [-0.39, 0.29) is 0 Å². The van der Waals surface area contributed by atoms with E-state index in [4.69, 9.17) is 0 Å². The number of aliphatic hydroxyl groups is 4. The van der Waals surface area contributed by atoms with E-state index < -0.39 is 36.9 Å². The highest BCUT2D eigenvalue weighted by molar-refractivity contribution is 5.80. The molecule has 0 heterocycles. The number of nitrogens with one attached hydrogen (secondary N) is 1. The third-order valence-electron chi connectivity index (χ3n) is 9.74. The summed E-state index contributed by atoms with van der Waals surface area (Å²) >= 11 is 0. The fourth-order valence-corrected chi connectivity index (χ4v) is 6.26. The number of carbonyl (C=O) groups excluding carboxylic acids is 1. The van der Waals surface area contributed by atoms with Gasteiger partial charge in [0.05, 0.1) is 18.8 Å². The monoisotopic (exact) mass is 718 g/mol. The molecule has 0 bridgehead atoms. The van der Waals surface area contributed by atoms with Crippen molar-refractivity contribution in [2.45, 2.75) is 224 Å². The zero-order valence-corrected chi connectivity index (χ0v) is 33.3. The third kappa shape index (κ3) is 33.8. The molecule has 0 aliphatic carbocycles. The summed E-state index contributed by atoms with van der Waals surface area (Å²) in [5.74, 6) is -0.605. The van der Waals surface area contributed by atoms with Gasteiger partial charge in [-0.15, -0.1) is 0 Å². The molecule has 0 radical (unpaired) electrons. The van der Waals surface area contributed by atoms with Crippen molar-refractivity contribution in [2.24, 2.45) is 0 Å². The SMILES string of the molecule is CCCC/C=C/CC/C=C/CCCC(O)C(O)C(CO)NC(=O)C(O)CCCCCCCCCC/C=C\C/C=C\CCCCCCCCCCC. The van der Waals surface area contributed by atoms with Crippen LogP contribution in [0.25, 0.3) is 0 Å². The lowest BCUT2D eigenvalue weighted by Crippen LogP contribution is -2.53. The molecular weight excluding hydrogens is 634 g/mol. The molecular formula is C45H83NO5. The predicted molar refractivity (Wildman–Crippen MR) is 219 cm³/mol. The van der Waals surface area contributed by atoms with Crippen LogP contribution < -0.4 is 5.32 Å². The van der Waals surface area contributed by atoms with Crippen molar-refractivity contribution in [1.29, 1.82) is 0 Å². The van der Waals surface area contributed by atoms with Gasteiger partial charge in [-0.2, -0.15) is 0 Å². The molecule has 298 valence electrons. The van der Waals surface area contributed by atoms with Crippen molar-refractivity contribution in [3.8, 4) is 0 Å². The first kappa shape index (κ1) is 49.3. The fourth-order valence-electron chi connectivity index (χ4n) is 6.26. The van der Waals surface area contributed by atoms with E-state index in [1.165, 1.54) is 109 Å². The van der Waals surface area contributed by atoms with Crippen LogP contribution in [0, 0.1) is 0 Å². The Balaban J connectivity index is 3.76. The number of aliphatic hydroxyl groups excluding tert-OH is 4. The second-order valence-electron chi connectivity index (χ2n) is 14.7. The van der Waals surface area contributed by atoms with Gasteiger partial charge in [0.1, 0.15) is 12.2 Å². The lowest BCUT2D eigenvalue weighted by Gasteiger charge is -2.27. The Bertz CT molecular complexity index is 854. The first-order valence-corrected chi connectivity index (χ1v) is 21.5. The second kappa shape index (κ2) is 39.5. The lowest BCUT2D eigenvalue weighted by molar-refractivity contribution is -0.132. The van der Waals surface area contributed by atoms with E-state index in [0.29, 0.717) is 19.3 Å². The van der Waals surface area contributed by atoms with Crippen LogP contribution in [-0.2, 0) is 4.79 Å².